The fraction of sp³-hybridized carbons (Fsp3) is 0.211. The lowest BCUT2D eigenvalue weighted by molar-refractivity contribution is 0.0357. The van der Waals surface area contributed by atoms with Gasteiger partial charge in [-0.1, -0.05) is 28.1 Å². The maximum absolute atomic E-state index is 15.5. The van der Waals surface area contributed by atoms with E-state index < -0.39 is 17.3 Å². The molecule has 0 radical (unpaired) electrons. The van der Waals surface area contributed by atoms with Crippen molar-refractivity contribution in [3.63, 3.8) is 0 Å². The molecule has 2 aromatic heterocycles. The average Bonchev–Trinajstić information content (AvgIpc) is 3.15. The molecular formula is C38H33BrFN5O6. The van der Waals surface area contributed by atoms with Gasteiger partial charge in [-0.3, -0.25) is 24.0 Å². The number of hydrogen-bond acceptors (Lipinski definition) is 9. The van der Waals surface area contributed by atoms with Crippen molar-refractivity contribution in [3.8, 4) is 28.7 Å². The Morgan fingerprint density at radius 1 is 0.941 bits per heavy atom. The molecule has 1 N–H and O–H groups in total. The van der Waals surface area contributed by atoms with Crippen LogP contribution in [-0.4, -0.2) is 71.9 Å². The minimum Gasteiger partial charge on any atom is -0.493 e. The third-order valence-corrected chi connectivity index (χ3v) is 8.97. The van der Waals surface area contributed by atoms with Gasteiger partial charge in [0.2, 0.25) is 0 Å². The van der Waals surface area contributed by atoms with E-state index in [1.54, 1.807) is 80.0 Å². The van der Waals surface area contributed by atoms with E-state index in [2.05, 4.69) is 36.1 Å². The van der Waals surface area contributed by atoms with E-state index in [9.17, 15) is 9.59 Å². The number of hydrogen-bond donors (Lipinski definition) is 1. The van der Waals surface area contributed by atoms with Crippen molar-refractivity contribution < 1.29 is 28.1 Å². The first kappa shape index (κ1) is 34.1. The summed E-state index contributed by atoms with van der Waals surface area (Å²) < 4.78 is 40.8. The van der Waals surface area contributed by atoms with Crippen molar-refractivity contribution >= 4 is 49.5 Å². The van der Waals surface area contributed by atoms with Gasteiger partial charge in [0.25, 0.3) is 11.5 Å². The van der Waals surface area contributed by atoms with Crippen molar-refractivity contribution in [2.75, 3.05) is 51.9 Å². The van der Waals surface area contributed by atoms with Crippen LogP contribution in [0.25, 0.3) is 27.6 Å². The van der Waals surface area contributed by atoms with Crippen molar-refractivity contribution in [2.24, 2.45) is 0 Å². The standard InChI is InChI=1S/C38H33BrFN5O6/c1-48-34-22-27-30(23-35(34)50-18-4-15-44-16-19-49-20-17-44)41-14-13-32(27)51-33-12-9-25(21-28(33)40)42-37(46)36-38(47)45(26-10-7-24(39)8-11-26)31-6-3-2-5-29(31)43-36/h2-3,5-14,21-23H,4,15-20H2,1H3,(H,42,46). The molecule has 1 saturated heterocycles. The van der Waals surface area contributed by atoms with Gasteiger partial charge in [0, 0.05) is 59.2 Å². The number of pyridine rings is 1. The van der Waals surface area contributed by atoms with Crippen LogP contribution in [0.2, 0.25) is 0 Å². The molecule has 11 nitrogen and oxygen atoms in total. The number of amides is 1. The molecule has 0 bridgehead atoms. The van der Waals surface area contributed by atoms with Crippen molar-refractivity contribution in [1.82, 2.24) is 19.4 Å². The number of morpholine rings is 1. The molecule has 6 aromatic rings. The Bertz CT molecular complexity index is 2280. The zero-order valence-electron chi connectivity index (χ0n) is 27.6. The number of carbonyl (C=O) groups is 1. The lowest BCUT2D eigenvalue weighted by Gasteiger charge is -2.26. The Morgan fingerprint density at radius 2 is 1.75 bits per heavy atom. The number of carbonyl (C=O) groups excluding carboxylic acids is 1. The van der Waals surface area contributed by atoms with Crippen LogP contribution in [-0.2, 0) is 4.74 Å². The van der Waals surface area contributed by atoms with Crippen LogP contribution in [0.4, 0.5) is 10.1 Å². The molecule has 1 aliphatic heterocycles. The lowest BCUT2D eigenvalue weighted by Crippen LogP contribution is -2.37. The molecule has 4 aromatic carbocycles. The first-order valence-corrected chi connectivity index (χ1v) is 17.1. The van der Waals surface area contributed by atoms with Crippen LogP contribution in [0, 0.1) is 5.82 Å². The SMILES string of the molecule is COc1cc2c(Oc3ccc(NC(=O)c4nc5ccccc5n(-c5ccc(Br)cc5)c4=O)cc3F)ccnc2cc1OCCCN1CCOCC1. The second-order valence-electron chi connectivity index (χ2n) is 11.8. The van der Waals surface area contributed by atoms with Crippen LogP contribution in [0.15, 0.2) is 100 Å². The van der Waals surface area contributed by atoms with Gasteiger partial charge in [-0.05, 0) is 67.1 Å². The summed E-state index contributed by atoms with van der Waals surface area (Å²) in [6, 6.07) is 23.3. The predicted octanol–water partition coefficient (Wildman–Crippen LogP) is 6.99. The molecule has 0 saturated carbocycles. The molecule has 1 amide bonds. The average molecular weight is 755 g/mol. The number of para-hydroxylation sites is 2. The Hall–Kier alpha value is -5.37. The van der Waals surface area contributed by atoms with Crippen LogP contribution in [0.1, 0.15) is 16.9 Å². The topological polar surface area (TPSA) is 117 Å². The third-order valence-electron chi connectivity index (χ3n) is 8.44. The molecule has 0 atom stereocenters. The van der Waals surface area contributed by atoms with Crippen LogP contribution < -0.4 is 25.1 Å². The number of aromatic nitrogens is 3. The normalized spacial score (nSPS) is 13.3. The molecule has 260 valence electrons. The number of anilines is 1. The smallest absolute Gasteiger partial charge is 0.287 e. The Balaban J connectivity index is 1.08. The zero-order chi connectivity index (χ0) is 35.3. The van der Waals surface area contributed by atoms with Gasteiger partial charge in [-0.25, -0.2) is 9.37 Å². The highest BCUT2D eigenvalue weighted by Gasteiger charge is 2.20. The number of halogens is 2. The van der Waals surface area contributed by atoms with Crippen molar-refractivity contribution in [2.45, 2.75) is 6.42 Å². The predicted molar refractivity (Wildman–Crippen MR) is 195 cm³/mol. The summed E-state index contributed by atoms with van der Waals surface area (Å²) >= 11 is 3.41. The molecule has 0 spiro atoms. The summed E-state index contributed by atoms with van der Waals surface area (Å²) in [5, 5.41) is 3.20. The summed E-state index contributed by atoms with van der Waals surface area (Å²) in [5.41, 5.74) is 1.30. The highest BCUT2D eigenvalue weighted by molar-refractivity contribution is 9.10. The fourth-order valence-electron chi connectivity index (χ4n) is 5.88. The minimum absolute atomic E-state index is 0.0793. The summed E-state index contributed by atoms with van der Waals surface area (Å²) in [7, 11) is 1.55. The first-order valence-electron chi connectivity index (χ1n) is 16.3. The van der Waals surface area contributed by atoms with Gasteiger partial charge in [-0.2, -0.15) is 0 Å². The van der Waals surface area contributed by atoms with Crippen LogP contribution in [0.3, 0.4) is 0 Å². The molecular weight excluding hydrogens is 721 g/mol. The number of nitrogens with zero attached hydrogens (tertiary/aromatic N) is 4. The van der Waals surface area contributed by atoms with Gasteiger partial charge in [0.05, 0.1) is 43.5 Å². The van der Waals surface area contributed by atoms with Gasteiger partial charge < -0.3 is 24.3 Å². The van der Waals surface area contributed by atoms with Crippen molar-refractivity contribution in [1.29, 1.82) is 0 Å². The number of nitrogens with one attached hydrogen (secondary N) is 1. The van der Waals surface area contributed by atoms with Gasteiger partial charge >= 0.3 is 0 Å². The lowest BCUT2D eigenvalue weighted by atomic mass is 10.1. The zero-order valence-corrected chi connectivity index (χ0v) is 29.2. The van der Waals surface area contributed by atoms with E-state index in [-0.39, 0.29) is 17.1 Å². The summed E-state index contributed by atoms with van der Waals surface area (Å²) in [6.45, 7) is 4.76. The molecule has 51 heavy (non-hydrogen) atoms. The number of methoxy groups -OCH3 is 1. The number of ether oxygens (including phenoxy) is 4. The Kier molecular flexibility index (Phi) is 10.2. The maximum atomic E-state index is 15.5. The molecule has 3 heterocycles. The van der Waals surface area contributed by atoms with E-state index in [1.807, 2.05) is 0 Å². The monoisotopic (exact) mass is 753 g/mol. The van der Waals surface area contributed by atoms with Gasteiger partial charge in [0.15, 0.2) is 28.8 Å². The maximum Gasteiger partial charge on any atom is 0.287 e. The highest BCUT2D eigenvalue weighted by atomic mass is 79.9. The second-order valence-corrected chi connectivity index (χ2v) is 12.7. The molecule has 7 rings (SSSR count). The quantitative estimate of drug-likeness (QED) is 0.140. The summed E-state index contributed by atoms with van der Waals surface area (Å²) in [4.78, 5) is 38.2. The first-order chi connectivity index (χ1) is 24.9. The van der Waals surface area contributed by atoms with E-state index in [0.29, 0.717) is 51.5 Å². The molecule has 0 unspecified atom stereocenters. The minimum atomic E-state index is -0.781. The van der Waals surface area contributed by atoms with Crippen molar-refractivity contribution in [3.05, 3.63) is 117 Å². The van der Waals surface area contributed by atoms with E-state index >= 15 is 4.39 Å². The summed E-state index contributed by atoms with van der Waals surface area (Å²) in [5.74, 6) is -0.204. The highest BCUT2D eigenvalue weighted by Crippen LogP contribution is 2.38. The van der Waals surface area contributed by atoms with Crippen LogP contribution in [0.5, 0.6) is 23.0 Å². The van der Waals surface area contributed by atoms with E-state index in [0.717, 1.165) is 49.8 Å². The number of rotatable bonds is 11. The molecule has 13 heteroatoms. The van der Waals surface area contributed by atoms with Gasteiger partial charge in [-0.15, -0.1) is 0 Å². The molecule has 1 fully saturated rings. The van der Waals surface area contributed by atoms with Crippen LogP contribution >= 0.6 is 15.9 Å². The van der Waals surface area contributed by atoms with Gasteiger partial charge in [0.1, 0.15) is 5.75 Å². The third kappa shape index (κ3) is 7.55. The Labute approximate surface area is 300 Å². The van der Waals surface area contributed by atoms with E-state index in [4.69, 9.17) is 18.9 Å². The molecule has 0 aliphatic carbocycles. The molecule has 1 aliphatic rings. The number of fused-ring (bicyclic) bond motifs is 2. The number of benzene rings is 4. The largest absolute Gasteiger partial charge is 0.493 e. The second kappa shape index (κ2) is 15.3. The fourth-order valence-corrected chi connectivity index (χ4v) is 6.15. The summed E-state index contributed by atoms with van der Waals surface area (Å²) in [6.07, 6.45) is 2.41. The Morgan fingerprint density at radius 3 is 2.53 bits per heavy atom. The van der Waals surface area contributed by atoms with E-state index in [1.165, 1.54) is 16.7 Å².